The molecule has 1 heterocycles. The third kappa shape index (κ3) is 8.24. The van der Waals surface area contributed by atoms with E-state index in [9.17, 15) is 13.2 Å². The van der Waals surface area contributed by atoms with Gasteiger partial charge in [-0.25, -0.2) is 4.98 Å². The van der Waals surface area contributed by atoms with Crippen molar-refractivity contribution in [1.82, 2.24) is 15.6 Å². The molecule has 5 nitrogen and oxygen atoms in total. The highest BCUT2D eigenvalue weighted by Gasteiger charge is 2.28. The van der Waals surface area contributed by atoms with Crippen molar-refractivity contribution in [2.45, 2.75) is 25.6 Å². The molecule has 1 fully saturated rings. The van der Waals surface area contributed by atoms with E-state index < -0.39 is 12.8 Å². The predicted molar refractivity (Wildman–Crippen MR) is 92.1 cm³/mol. The van der Waals surface area contributed by atoms with Gasteiger partial charge in [-0.2, -0.15) is 13.2 Å². The Kier molecular flexibility index (Phi) is 7.86. The summed E-state index contributed by atoms with van der Waals surface area (Å²) in [5.74, 6) is 1.40. The summed E-state index contributed by atoms with van der Waals surface area (Å²) in [5.41, 5.74) is 0.828. The summed E-state index contributed by atoms with van der Waals surface area (Å²) in [6.07, 6.45) is -0.366. The van der Waals surface area contributed by atoms with Crippen LogP contribution in [0.1, 0.15) is 18.4 Å². The zero-order valence-corrected chi connectivity index (χ0v) is 15.0. The summed E-state index contributed by atoms with van der Waals surface area (Å²) in [7, 11) is 1.69. The molecule has 2 rings (SSSR count). The van der Waals surface area contributed by atoms with Crippen LogP contribution in [0.4, 0.5) is 13.2 Å². The zero-order valence-electron chi connectivity index (χ0n) is 12.7. The first-order chi connectivity index (χ1) is 10.5. The Labute approximate surface area is 150 Å². The molecule has 0 saturated heterocycles. The molecule has 0 unspecified atom stereocenters. The molecule has 0 radical (unpaired) electrons. The van der Waals surface area contributed by atoms with Gasteiger partial charge in [-0.3, -0.25) is 4.99 Å². The lowest BCUT2D eigenvalue weighted by molar-refractivity contribution is -0.154. The maximum atomic E-state index is 12.0. The van der Waals surface area contributed by atoms with E-state index in [0.29, 0.717) is 12.5 Å². The SMILES string of the molecule is CN=C(NCc1ccc(OCC(F)(F)F)nc1)NCC1CC1.I. The summed E-state index contributed by atoms with van der Waals surface area (Å²) in [5, 5.41) is 6.34. The lowest BCUT2D eigenvalue weighted by atomic mass is 10.3. The standard InChI is InChI=1S/C14H19F3N4O.HI/c1-18-13(20-6-10-2-3-10)21-8-11-4-5-12(19-7-11)22-9-14(15,16)17;/h4-5,7,10H,2-3,6,8-9H2,1H3,(H2,18,20,21);1H. The van der Waals surface area contributed by atoms with Crippen LogP contribution in [0, 0.1) is 5.92 Å². The molecule has 1 saturated carbocycles. The predicted octanol–water partition coefficient (Wildman–Crippen LogP) is 2.72. The maximum absolute atomic E-state index is 12.0. The number of nitrogens with one attached hydrogen (secondary N) is 2. The molecule has 9 heteroatoms. The van der Waals surface area contributed by atoms with Crippen LogP contribution in [-0.2, 0) is 6.54 Å². The first-order valence-corrected chi connectivity index (χ1v) is 7.05. The maximum Gasteiger partial charge on any atom is 0.422 e. The highest BCUT2D eigenvalue weighted by Crippen LogP contribution is 2.27. The average Bonchev–Trinajstić information content (AvgIpc) is 3.30. The van der Waals surface area contributed by atoms with E-state index in [-0.39, 0.29) is 29.9 Å². The van der Waals surface area contributed by atoms with Crippen LogP contribution in [0.15, 0.2) is 23.3 Å². The summed E-state index contributed by atoms with van der Waals surface area (Å²) in [6.45, 7) is 0.0500. The second kappa shape index (κ2) is 9.14. The number of hydrogen-bond acceptors (Lipinski definition) is 3. The van der Waals surface area contributed by atoms with Crippen LogP contribution in [0.2, 0.25) is 0 Å². The van der Waals surface area contributed by atoms with Crippen LogP contribution in [0.3, 0.4) is 0 Å². The molecule has 1 aromatic heterocycles. The van der Waals surface area contributed by atoms with E-state index in [4.69, 9.17) is 0 Å². The minimum atomic E-state index is -4.36. The smallest absolute Gasteiger partial charge is 0.422 e. The molecule has 1 aliphatic rings. The van der Waals surface area contributed by atoms with Crippen molar-refractivity contribution in [3.8, 4) is 5.88 Å². The number of hydrogen-bond donors (Lipinski definition) is 2. The van der Waals surface area contributed by atoms with Crippen molar-refractivity contribution in [2.24, 2.45) is 10.9 Å². The van der Waals surface area contributed by atoms with Crippen molar-refractivity contribution in [2.75, 3.05) is 20.2 Å². The first kappa shape index (κ1) is 19.8. The highest BCUT2D eigenvalue weighted by atomic mass is 127. The van der Waals surface area contributed by atoms with Gasteiger partial charge < -0.3 is 15.4 Å². The van der Waals surface area contributed by atoms with Crippen LogP contribution < -0.4 is 15.4 Å². The Bertz CT molecular complexity index is 504. The van der Waals surface area contributed by atoms with Crippen molar-refractivity contribution in [3.63, 3.8) is 0 Å². The van der Waals surface area contributed by atoms with Crippen molar-refractivity contribution in [1.29, 1.82) is 0 Å². The van der Waals surface area contributed by atoms with Crippen LogP contribution in [0.25, 0.3) is 0 Å². The molecule has 1 aromatic rings. The van der Waals surface area contributed by atoms with Gasteiger partial charge in [0.05, 0.1) is 0 Å². The summed E-state index contributed by atoms with van der Waals surface area (Å²) < 4.78 is 40.6. The quantitative estimate of drug-likeness (QED) is 0.403. The van der Waals surface area contributed by atoms with Crippen LogP contribution in [-0.4, -0.2) is 37.3 Å². The van der Waals surface area contributed by atoms with Crippen LogP contribution >= 0.6 is 24.0 Å². The van der Waals surface area contributed by atoms with Gasteiger partial charge in [-0.1, -0.05) is 6.07 Å². The monoisotopic (exact) mass is 444 g/mol. The largest absolute Gasteiger partial charge is 0.468 e. The van der Waals surface area contributed by atoms with Crippen molar-refractivity contribution in [3.05, 3.63) is 23.9 Å². The molecular formula is C14H20F3IN4O. The van der Waals surface area contributed by atoms with E-state index >= 15 is 0 Å². The molecule has 0 aromatic carbocycles. The Hall–Kier alpha value is -1.26. The molecule has 23 heavy (non-hydrogen) atoms. The van der Waals surface area contributed by atoms with E-state index in [1.807, 2.05) is 0 Å². The van der Waals surface area contributed by atoms with E-state index in [2.05, 4.69) is 25.3 Å². The molecule has 0 bridgehead atoms. The van der Waals surface area contributed by atoms with Crippen molar-refractivity contribution >= 4 is 29.9 Å². The molecule has 130 valence electrons. The second-order valence-electron chi connectivity index (χ2n) is 5.16. The Balaban J connectivity index is 0.00000264. The third-order valence-electron chi connectivity index (χ3n) is 3.12. The van der Waals surface area contributed by atoms with E-state index in [1.54, 1.807) is 13.1 Å². The Morgan fingerprint density at radius 1 is 1.35 bits per heavy atom. The molecule has 0 amide bonds. The molecule has 0 spiro atoms. The lowest BCUT2D eigenvalue weighted by Crippen LogP contribution is -2.37. The summed E-state index contributed by atoms with van der Waals surface area (Å²) >= 11 is 0. The third-order valence-corrected chi connectivity index (χ3v) is 3.12. The number of pyridine rings is 1. The second-order valence-corrected chi connectivity index (χ2v) is 5.16. The van der Waals surface area contributed by atoms with Gasteiger partial charge in [-0.15, -0.1) is 24.0 Å². The topological polar surface area (TPSA) is 58.5 Å². The van der Waals surface area contributed by atoms with Gasteiger partial charge in [0.25, 0.3) is 0 Å². The fraction of sp³-hybridized carbons (Fsp3) is 0.571. The van der Waals surface area contributed by atoms with E-state index in [0.717, 1.165) is 18.0 Å². The molecule has 0 aliphatic heterocycles. The summed E-state index contributed by atoms with van der Waals surface area (Å²) in [4.78, 5) is 7.95. The normalized spacial score (nSPS) is 14.9. The fourth-order valence-corrected chi connectivity index (χ4v) is 1.73. The number of halogens is 4. The molecular weight excluding hydrogens is 424 g/mol. The van der Waals surface area contributed by atoms with Gasteiger partial charge >= 0.3 is 6.18 Å². The first-order valence-electron chi connectivity index (χ1n) is 7.05. The average molecular weight is 444 g/mol. The number of guanidine groups is 1. The number of ether oxygens (including phenoxy) is 1. The fourth-order valence-electron chi connectivity index (χ4n) is 1.73. The van der Waals surface area contributed by atoms with Gasteiger partial charge in [0.2, 0.25) is 5.88 Å². The molecule has 1 aliphatic carbocycles. The van der Waals surface area contributed by atoms with Gasteiger partial charge in [-0.05, 0) is 24.3 Å². The van der Waals surface area contributed by atoms with E-state index in [1.165, 1.54) is 25.1 Å². The number of nitrogens with zero attached hydrogens (tertiary/aromatic N) is 2. The van der Waals surface area contributed by atoms with Gasteiger partial charge in [0, 0.05) is 32.4 Å². The highest BCUT2D eigenvalue weighted by molar-refractivity contribution is 14.0. The minimum Gasteiger partial charge on any atom is -0.468 e. The Morgan fingerprint density at radius 2 is 2.09 bits per heavy atom. The summed E-state index contributed by atoms with van der Waals surface area (Å²) in [6, 6.07) is 3.09. The zero-order chi connectivity index (χ0) is 16.0. The lowest BCUT2D eigenvalue weighted by Gasteiger charge is -2.12. The molecule has 2 N–H and O–H groups in total. The number of aromatic nitrogens is 1. The van der Waals surface area contributed by atoms with Crippen LogP contribution in [0.5, 0.6) is 5.88 Å². The molecule has 0 atom stereocenters. The number of aliphatic imine (C=N–C) groups is 1. The Morgan fingerprint density at radius 3 is 2.61 bits per heavy atom. The minimum absolute atomic E-state index is 0. The number of alkyl halides is 3. The van der Waals surface area contributed by atoms with Gasteiger partial charge in [0.15, 0.2) is 12.6 Å². The van der Waals surface area contributed by atoms with Crippen molar-refractivity contribution < 1.29 is 17.9 Å². The van der Waals surface area contributed by atoms with Gasteiger partial charge in [0.1, 0.15) is 0 Å². The number of rotatable bonds is 6.